The maximum absolute atomic E-state index is 11.9. The maximum Gasteiger partial charge on any atom is 0.287 e. The predicted molar refractivity (Wildman–Crippen MR) is 72.6 cm³/mol. The zero-order chi connectivity index (χ0) is 14.7. The fraction of sp³-hybridized carbons (Fsp3) is 0.0769. The summed E-state index contributed by atoms with van der Waals surface area (Å²) in [5, 5.41) is 20.2. The molecule has 0 unspecified atom stereocenters. The van der Waals surface area contributed by atoms with Gasteiger partial charge < -0.3 is 4.57 Å². The first-order valence-electron chi connectivity index (χ1n) is 5.54. The largest absolute Gasteiger partial charge is 0.303 e. The van der Waals surface area contributed by atoms with Crippen LogP contribution in [0.5, 0.6) is 0 Å². The highest BCUT2D eigenvalue weighted by atomic mass is 35.5. The Morgan fingerprint density at radius 3 is 2.75 bits per heavy atom. The van der Waals surface area contributed by atoms with E-state index in [4.69, 9.17) is 16.9 Å². The van der Waals surface area contributed by atoms with E-state index in [1.54, 1.807) is 30.3 Å². The number of halogens is 1. The Morgan fingerprint density at radius 2 is 2.15 bits per heavy atom. The van der Waals surface area contributed by atoms with Gasteiger partial charge in [-0.1, -0.05) is 23.7 Å². The number of nitrogens with zero attached hydrogens (tertiary/aromatic N) is 3. The molecule has 1 aromatic heterocycles. The second-order valence-corrected chi connectivity index (χ2v) is 4.48. The van der Waals surface area contributed by atoms with E-state index in [9.17, 15) is 14.9 Å². The molecule has 0 spiro atoms. The topological polar surface area (TPSA) is 88.9 Å². The molecule has 0 saturated carbocycles. The molecule has 1 aromatic carbocycles. The lowest BCUT2D eigenvalue weighted by Crippen LogP contribution is -2.23. The number of hydrogen-bond donors (Lipinski definition) is 0. The second-order valence-electron chi connectivity index (χ2n) is 4.04. The Hall–Kier alpha value is -2.65. The van der Waals surface area contributed by atoms with Crippen molar-refractivity contribution in [2.24, 2.45) is 0 Å². The third-order valence-electron chi connectivity index (χ3n) is 2.64. The normalized spacial score (nSPS) is 10.0. The molecule has 0 aliphatic rings. The van der Waals surface area contributed by atoms with E-state index < -0.39 is 10.5 Å². The molecule has 2 rings (SSSR count). The molecule has 0 fully saturated rings. The smallest absolute Gasteiger partial charge is 0.287 e. The van der Waals surface area contributed by atoms with Gasteiger partial charge in [-0.25, -0.2) is 0 Å². The molecule has 0 radical (unpaired) electrons. The quantitative estimate of drug-likeness (QED) is 0.640. The number of nitriles is 1. The minimum Gasteiger partial charge on any atom is -0.303 e. The zero-order valence-corrected chi connectivity index (χ0v) is 10.9. The number of pyridine rings is 1. The van der Waals surface area contributed by atoms with Crippen LogP contribution in [0.3, 0.4) is 0 Å². The van der Waals surface area contributed by atoms with E-state index in [0.717, 1.165) is 16.8 Å². The van der Waals surface area contributed by atoms with Crippen molar-refractivity contribution in [2.45, 2.75) is 6.54 Å². The van der Waals surface area contributed by atoms with Gasteiger partial charge in [-0.2, -0.15) is 5.26 Å². The third-order valence-corrected chi connectivity index (χ3v) is 2.88. The SMILES string of the molecule is N#Cc1cc([N+](=O)[O-])cn(Cc2cccc(Cl)c2)c1=O. The van der Waals surface area contributed by atoms with Gasteiger partial charge in [0, 0.05) is 11.1 Å². The van der Waals surface area contributed by atoms with Crippen LogP contribution in [0.2, 0.25) is 5.02 Å². The molecule has 6 nitrogen and oxygen atoms in total. The first kappa shape index (κ1) is 13.8. The summed E-state index contributed by atoms with van der Waals surface area (Å²) < 4.78 is 1.13. The van der Waals surface area contributed by atoms with Crippen molar-refractivity contribution in [2.75, 3.05) is 0 Å². The number of rotatable bonds is 3. The van der Waals surface area contributed by atoms with Crippen molar-refractivity contribution in [3.8, 4) is 6.07 Å². The highest BCUT2D eigenvalue weighted by Crippen LogP contribution is 2.14. The summed E-state index contributed by atoms with van der Waals surface area (Å²) in [6, 6.07) is 9.42. The van der Waals surface area contributed by atoms with Crippen LogP contribution in [0.15, 0.2) is 41.3 Å². The van der Waals surface area contributed by atoms with Crippen LogP contribution >= 0.6 is 11.6 Å². The molecule has 0 aliphatic carbocycles. The van der Waals surface area contributed by atoms with Gasteiger partial charge in [0.25, 0.3) is 11.2 Å². The number of aromatic nitrogens is 1. The van der Waals surface area contributed by atoms with Crippen molar-refractivity contribution in [1.29, 1.82) is 5.26 Å². The Balaban J connectivity index is 2.51. The van der Waals surface area contributed by atoms with E-state index in [2.05, 4.69) is 0 Å². The molecular formula is C13H8ClN3O3. The number of hydrogen-bond acceptors (Lipinski definition) is 4. The van der Waals surface area contributed by atoms with Crippen molar-refractivity contribution in [3.63, 3.8) is 0 Å². The minimum absolute atomic E-state index is 0.107. The molecule has 0 aliphatic heterocycles. The molecule has 0 amide bonds. The summed E-state index contributed by atoms with van der Waals surface area (Å²) >= 11 is 5.84. The van der Waals surface area contributed by atoms with Crippen molar-refractivity contribution in [3.05, 3.63) is 73.1 Å². The van der Waals surface area contributed by atoms with Crippen LogP contribution in [0.4, 0.5) is 5.69 Å². The minimum atomic E-state index is -0.644. The summed E-state index contributed by atoms with van der Waals surface area (Å²) in [5.74, 6) is 0. The van der Waals surface area contributed by atoms with Gasteiger partial charge in [-0.15, -0.1) is 0 Å². The predicted octanol–water partition coefficient (Wildman–Crippen LogP) is 2.33. The summed E-state index contributed by atoms with van der Waals surface area (Å²) in [7, 11) is 0. The first-order valence-corrected chi connectivity index (χ1v) is 5.92. The Morgan fingerprint density at radius 1 is 1.40 bits per heavy atom. The fourth-order valence-electron chi connectivity index (χ4n) is 1.75. The van der Waals surface area contributed by atoms with Gasteiger partial charge in [0.1, 0.15) is 11.6 Å². The van der Waals surface area contributed by atoms with E-state index in [-0.39, 0.29) is 17.8 Å². The van der Waals surface area contributed by atoms with Gasteiger partial charge in [-0.05, 0) is 17.7 Å². The molecule has 2 aromatic rings. The number of benzene rings is 1. The van der Waals surface area contributed by atoms with Crippen molar-refractivity contribution >= 4 is 17.3 Å². The molecule has 0 bridgehead atoms. The highest BCUT2D eigenvalue weighted by Gasteiger charge is 2.13. The molecule has 7 heteroatoms. The summed E-state index contributed by atoms with van der Waals surface area (Å²) in [4.78, 5) is 22.1. The average molecular weight is 290 g/mol. The first-order chi connectivity index (χ1) is 9.51. The molecular weight excluding hydrogens is 282 g/mol. The van der Waals surface area contributed by atoms with Gasteiger partial charge in [0.05, 0.1) is 17.7 Å². The van der Waals surface area contributed by atoms with Crippen LogP contribution in [0.1, 0.15) is 11.1 Å². The molecule has 0 atom stereocenters. The van der Waals surface area contributed by atoms with Crippen LogP contribution in [-0.2, 0) is 6.54 Å². The van der Waals surface area contributed by atoms with Crippen LogP contribution in [-0.4, -0.2) is 9.49 Å². The van der Waals surface area contributed by atoms with Crippen molar-refractivity contribution in [1.82, 2.24) is 4.57 Å². The molecule has 0 saturated heterocycles. The third kappa shape index (κ3) is 2.84. The Bertz CT molecular complexity index is 777. The van der Waals surface area contributed by atoms with Gasteiger partial charge in [0.15, 0.2) is 0 Å². The van der Waals surface area contributed by atoms with Gasteiger partial charge in [-0.3, -0.25) is 14.9 Å². The van der Waals surface area contributed by atoms with E-state index in [1.165, 1.54) is 0 Å². The monoisotopic (exact) mass is 289 g/mol. The van der Waals surface area contributed by atoms with Crippen LogP contribution in [0.25, 0.3) is 0 Å². The number of nitro groups is 1. The Kier molecular flexibility index (Phi) is 3.82. The molecule has 0 N–H and O–H groups in total. The molecule has 1 heterocycles. The van der Waals surface area contributed by atoms with Crippen LogP contribution < -0.4 is 5.56 Å². The van der Waals surface area contributed by atoms with Gasteiger partial charge in [0.2, 0.25) is 0 Å². The lowest BCUT2D eigenvalue weighted by Gasteiger charge is -2.06. The lowest BCUT2D eigenvalue weighted by molar-refractivity contribution is -0.385. The molecule has 20 heavy (non-hydrogen) atoms. The molecule has 100 valence electrons. The van der Waals surface area contributed by atoms with E-state index >= 15 is 0 Å². The lowest BCUT2D eigenvalue weighted by atomic mass is 10.2. The zero-order valence-electron chi connectivity index (χ0n) is 10.1. The summed E-state index contributed by atoms with van der Waals surface area (Å²) in [5.41, 5.74) is -0.425. The second kappa shape index (κ2) is 5.55. The van der Waals surface area contributed by atoms with Crippen molar-refractivity contribution < 1.29 is 4.92 Å². The van der Waals surface area contributed by atoms with Gasteiger partial charge >= 0.3 is 0 Å². The standard InChI is InChI=1S/C13H8ClN3O3/c14-11-3-1-2-9(4-11)7-16-8-12(17(19)20)5-10(6-15)13(16)18/h1-5,8H,7H2. The maximum atomic E-state index is 11.9. The summed E-state index contributed by atoms with van der Waals surface area (Å²) in [6.45, 7) is 0.107. The fourth-order valence-corrected chi connectivity index (χ4v) is 1.96. The summed E-state index contributed by atoms with van der Waals surface area (Å²) in [6.07, 6.45) is 1.12. The average Bonchev–Trinajstić information content (AvgIpc) is 2.41. The highest BCUT2D eigenvalue weighted by molar-refractivity contribution is 6.30. The van der Waals surface area contributed by atoms with E-state index in [1.807, 2.05) is 0 Å². The van der Waals surface area contributed by atoms with E-state index in [0.29, 0.717) is 10.6 Å². The van der Waals surface area contributed by atoms with Crippen LogP contribution in [0, 0.1) is 21.4 Å². The Labute approximate surface area is 118 Å².